The molecule has 0 saturated carbocycles. The molecule has 5 rings (SSSR count). The number of carbonyl (C=O) groups is 3. The number of aliphatic hydroxyl groups excluding tert-OH is 1. The fourth-order valence-corrected chi connectivity index (χ4v) is 6.67. The number of amides is 3. The van der Waals surface area contributed by atoms with Crippen molar-refractivity contribution in [1.82, 2.24) is 20.0 Å². The maximum absolute atomic E-state index is 13.3. The van der Waals surface area contributed by atoms with Crippen molar-refractivity contribution >= 4 is 23.6 Å². The lowest BCUT2D eigenvalue weighted by molar-refractivity contribution is -0.133. The van der Waals surface area contributed by atoms with Crippen LogP contribution < -0.4 is 10.6 Å². The Hall–Kier alpha value is -4.45. The molecule has 2 aliphatic rings. The van der Waals surface area contributed by atoms with Crippen molar-refractivity contribution in [3.8, 4) is 16.9 Å². The Morgan fingerprint density at radius 2 is 1.49 bits per heavy atom. The Bertz CT molecular complexity index is 1520. The Balaban J connectivity index is 0.943. The van der Waals surface area contributed by atoms with Crippen LogP contribution in [0.1, 0.15) is 56.9 Å². The van der Waals surface area contributed by atoms with Crippen LogP contribution in [0.15, 0.2) is 78.9 Å². The van der Waals surface area contributed by atoms with Crippen LogP contribution in [0, 0.1) is 0 Å². The van der Waals surface area contributed by atoms with Gasteiger partial charge in [0, 0.05) is 64.3 Å². The van der Waals surface area contributed by atoms with E-state index in [0.29, 0.717) is 57.7 Å². The average Bonchev–Trinajstić information content (AvgIpc) is 3.14. The van der Waals surface area contributed by atoms with E-state index in [0.717, 1.165) is 75.0 Å². The molecular weight excluding hydrogens is 646 g/mol. The maximum atomic E-state index is 13.3. The number of unbranched alkanes of at least 4 members (excludes halogenated alkanes) is 2. The summed E-state index contributed by atoms with van der Waals surface area (Å²) in [7, 11) is 0. The molecule has 0 aromatic heterocycles. The van der Waals surface area contributed by atoms with Gasteiger partial charge in [-0.25, -0.2) is 4.79 Å². The summed E-state index contributed by atoms with van der Waals surface area (Å²) in [6, 6.07) is 24.6. The van der Waals surface area contributed by atoms with E-state index in [1.54, 1.807) is 12.1 Å². The standard InChI is InChI=1S/C40H53N5O6/c46-33-15-13-31(14-16-33)29-45(39(49)30-44-24-17-34(47)18-25-44)23-8-2-7-22-41-38(48)21-28-43-26-19-35(20-27-43)51-40(50)42-37-12-6-5-11-36(37)32-9-3-1-4-10-32/h1,3-6,9-16,34-35,46-47H,2,7-8,17-30H2,(H,41,48)(H,42,50). The Labute approximate surface area is 301 Å². The number of aliphatic hydroxyl groups is 1. The predicted octanol–water partition coefficient (Wildman–Crippen LogP) is 5.23. The van der Waals surface area contributed by atoms with Crippen molar-refractivity contribution in [2.45, 2.75) is 70.1 Å². The predicted molar refractivity (Wildman–Crippen MR) is 198 cm³/mol. The van der Waals surface area contributed by atoms with Gasteiger partial charge in [-0.2, -0.15) is 0 Å². The number of phenolic OH excluding ortho intramolecular Hbond substituents is 1. The molecule has 4 N–H and O–H groups in total. The molecular formula is C40H53N5O6. The molecule has 3 aromatic rings. The average molecular weight is 700 g/mol. The van der Waals surface area contributed by atoms with Gasteiger partial charge in [0.1, 0.15) is 11.9 Å². The van der Waals surface area contributed by atoms with Crippen LogP contribution in [0.3, 0.4) is 0 Å². The molecule has 0 bridgehead atoms. The molecule has 0 atom stereocenters. The molecule has 0 radical (unpaired) electrons. The number of nitrogens with zero attached hydrogens (tertiary/aromatic N) is 3. The number of likely N-dealkylation sites (tertiary alicyclic amines) is 2. The van der Waals surface area contributed by atoms with Crippen molar-refractivity contribution in [3.63, 3.8) is 0 Å². The first-order valence-electron chi connectivity index (χ1n) is 18.4. The van der Waals surface area contributed by atoms with Crippen LogP contribution in [0.2, 0.25) is 0 Å². The van der Waals surface area contributed by atoms with E-state index >= 15 is 0 Å². The quantitative estimate of drug-likeness (QED) is 0.149. The lowest BCUT2D eigenvalue weighted by atomic mass is 10.0. The number of piperidine rings is 2. The van der Waals surface area contributed by atoms with E-state index in [4.69, 9.17) is 4.74 Å². The van der Waals surface area contributed by atoms with Crippen molar-refractivity contribution in [2.24, 2.45) is 0 Å². The summed E-state index contributed by atoms with van der Waals surface area (Å²) in [5, 5.41) is 25.4. The summed E-state index contributed by atoms with van der Waals surface area (Å²) in [4.78, 5) is 44.8. The molecule has 2 saturated heterocycles. The second-order valence-corrected chi connectivity index (χ2v) is 13.6. The van der Waals surface area contributed by atoms with Crippen LogP contribution in [-0.4, -0.2) is 107 Å². The molecule has 3 aromatic carbocycles. The third-order valence-electron chi connectivity index (χ3n) is 9.72. The first-order valence-corrected chi connectivity index (χ1v) is 18.4. The Morgan fingerprint density at radius 1 is 0.804 bits per heavy atom. The molecule has 0 aliphatic carbocycles. The first-order chi connectivity index (χ1) is 24.8. The van der Waals surface area contributed by atoms with Gasteiger partial charge in [-0.1, -0.05) is 60.7 Å². The van der Waals surface area contributed by atoms with E-state index in [-0.39, 0.29) is 29.8 Å². The lowest BCUT2D eigenvalue weighted by Crippen LogP contribution is -2.44. The van der Waals surface area contributed by atoms with Gasteiger partial charge in [0.05, 0.1) is 18.3 Å². The van der Waals surface area contributed by atoms with Gasteiger partial charge >= 0.3 is 6.09 Å². The van der Waals surface area contributed by atoms with Crippen LogP contribution in [0.5, 0.6) is 5.75 Å². The molecule has 3 amide bonds. The summed E-state index contributed by atoms with van der Waals surface area (Å²) in [5.74, 6) is 0.292. The normalized spacial score (nSPS) is 16.0. The summed E-state index contributed by atoms with van der Waals surface area (Å²) >= 11 is 0. The van der Waals surface area contributed by atoms with Crippen molar-refractivity contribution in [1.29, 1.82) is 0 Å². The number of para-hydroxylation sites is 1. The lowest BCUT2D eigenvalue weighted by Gasteiger charge is -2.31. The largest absolute Gasteiger partial charge is 0.508 e. The number of aromatic hydroxyl groups is 1. The van der Waals surface area contributed by atoms with Gasteiger partial charge in [0.15, 0.2) is 0 Å². The smallest absolute Gasteiger partial charge is 0.411 e. The highest BCUT2D eigenvalue weighted by atomic mass is 16.6. The highest BCUT2D eigenvalue weighted by Gasteiger charge is 2.24. The van der Waals surface area contributed by atoms with Crippen LogP contribution in [-0.2, 0) is 20.9 Å². The van der Waals surface area contributed by atoms with E-state index in [1.807, 2.05) is 71.6 Å². The minimum absolute atomic E-state index is 0.0283. The second-order valence-electron chi connectivity index (χ2n) is 13.6. The summed E-state index contributed by atoms with van der Waals surface area (Å²) < 4.78 is 5.75. The third-order valence-corrected chi connectivity index (χ3v) is 9.72. The first kappa shape index (κ1) is 37.8. The summed E-state index contributed by atoms with van der Waals surface area (Å²) in [5.41, 5.74) is 3.64. The number of carbonyl (C=O) groups excluding carboxylic acids is 3. The monoisotopic (exact) mass is 699 g/mol. The number of rotatable bonds is 16. The molecule has 2 heterocycles. The molecule has 51 heavy (non-hydrogen) atoms. The topological polar surface area (TPSA) is 135 Å². The van der Waals surface area contributed by atoms with Crippen molar-refractivity contribution in [3.05, 3.63) is 84.4 Å². The van der Waals surface area contributed by atoms with Gasteiger partial charge in [-0.3, -0.25) is 19.8 Å². The van der Waals surface area contributed by atoms with E-state index in [9.17, 15) is 24.6 Å². The van der Waals surface area contributed by atoms with Crippen LogP contribution in [0.25, 0.3) is 11.1 Å². The van der Waals surface area contributed by atoms with Crippen molar-refractivity contribution < 1.29 is 29.3 Å². The SMILES string of the molecule is O=C(CCN1CCC(OC(=O)Nc2ccccc2-c2ccccc2)CC1)NCCCCCN(Cc1ccc(O)cc1)C(=O)CN1CCC(O)CC1. The van der Waals surface area contributed by atoms with Gasteiger partial charge < -0.3 is 30.1 Å². The van der Waals surface area contributed by atoms with Crippen LogP contribution >= 0.6 is 0 Å². The Morgan fingerprint density at radius 3 is 2.24 bits per heavy atom. The number of ether oxygens (including phenoxy) is 1. The molecule has 0 spiro atoms. The zero-order valence-electron chi connectivity index (χ0n) is 29.6. The molecule has 0 unspecified atom stereocenters. The zero-order chi connectivity index (χ0) is 35.8. The van der Waals surface area contributed by atoms with Gasteiger partial charge in [0.2, 0.25) is 11.8 Å². The molecule has 2 aliphatic heterocycles. The number of phenols is 1. The molecule has 2 fully saturated rings. The fourth-order valence-electron chi connectivity index (χ4n) is 6.67. The van der Waals surface area contributed by atoms with Crippen LogP contribution in [0.4, 0.5) is 10.5 Å². The maximum Gasteiger partial charge on any atom is 0.411 e. The highest BCUT2D eigenvalue weighted by Crippen LogP contribution is 2.28. The molecule has 11 nitrogen and oxygen atoms in total. The fraction of sp³-hybridized carbons (Fsp3) is 0.475. The van der Waals surface area contributed by atoms with Gasteiger partial charge in [-0.15, -0.1) is 0 Å². The summed E-state index contributed by atoms with van der Waals surface area (Å²) in [6.45, 7) is 5.67. The highest BCUT2D eigenvalue weighted by molar-refractivity contribution is 5.91. The third kappa shape index (κ3) is 12.7. The number of benzene rings is 3. The van der Waals surface area contributed by atoms with Gasteiger partial charge in [-0.05, 0) is 74.3 Å². The molecule has 274 valence electrons. The minimum Gasteiger partial charge on any atom is -0.508 e. The summed E-state index contributed by atoms with van der Waals surface area (Å²) in [6.07, 6.45) is 4.90. The number of nitrogens with one attached hydrogen (secondary N) is 2. The number of hydrogen-bond acceptors (Lipinski definition) is 8. The minimum atomic E-state index is -0.452. The van der Waals surface area contributed by atoms with E-state index in [2.05, 4.69) is 20.4 Å². The number of anilines is 1. The van der Waals surface area contributed by atoms with Crippen molar-refractivity contribution in [2.75, 3.05) is 57.7 Å². The Kier molecular flexibility index (Phi) is 14.7. The second kappa shape index (κ2) is 19.8. The van der Waals surface area contributed by atoms with E-state index < -0.39 is 6.09 Å². The zero-order valence-corrected chi connectivity index (χ0v) is 29.6. The molecule has 11 heteroatoms. The number of hydrogen-bond donors (Lipinski definition) is 4. The van der Waals surface area contributed by atoms with Gasteiger partial charge in [0.25, 0.3) is 0 Å². The van der Waals surface area contributed by atoms with E-state index in [1.165, 1.54) is 0 Å².